The largest absolute Gasteiger partial charge is 0.242 e. The fourth-order valence-electron chi connectivity index (χ4n) is 4.18. The Morgan fingerprint density at radius 2 is 1.80 bits per heavy atom. The van der Waals surface area contributed by atoms with Crippen molar-refractivity contribution in [1.82, 2.24) is 0 Å². The van der Waals surface area contributed by atoms with Crippen LogP contribution in [-0.2, 0) is 0 Å². The third-order valence-corrected chi connectivity index (χ3v) is 5.81. The van der Waals surface area contributed by atoms with E-state index in [0.29, 0.717) is 6.42 Å². The van der Waals surface area contributed by atoms with Crippen LogP contribution in [-0.4, -0.2) is 6.17 Å². The second-order valence-corrected chi connectivity index (χ2v) is 7.59. The summed E-state index contributed by atoms with van der Waals surface area (Å²) in [6.45, 7) is 4.34. The average Bonchev–Trinajstić information content (AvgIpc) is 2.62. The van der Waals surface area contributed by atoms with Gasteiger partial charge in [-0.05, 0) is 43.8 Å². The molecule has 0 saturated carbocycles. The first kappa shape index (κ1) is 20.1. The Morgan fingerprint density at radius 3 is 2.44 bits per heavy atom. The van der Waals surface area contributed by atoms with E-state index >= 15 is 0 Å². The summed E-state index contributed by atoms with van der Waals surface area (Å²) in [5.74, 6) is -0.354. The zero-order valence-corrected chi connectivity index (χ0v) is 15.9. The summed E-state index contributed by atoms with van der Waals surface area (Å²) >= 11 is 0. The summed E-state index contributed by atoms with van der Waals surface area (Å²) in [6.07, 6.45) is 20.1. The van der Waals surface area contributed by atoms with Crippen molar-refractivity contribution < 1.29 is 8.78 Å². The maximum absolute atomic E-state index is 14.9. The van der Waals surface area contributed by atoms with E-state index in [4.69, 9.17) is 0 Å². The molecule has 3 unspecified atom stereocenters. The monoisotopic (exact) mass is 348 g/mol. The quantitative estimate of drug-likeness (QED) is 0.353. The van der Waals surface area contributed by atoms with Crippen LogP contribution in [0.3, 0.4) is 0 Å². The van der Waals surface area contributed by atoms with Crippen LogP contribution in [0.25, 0.3) is 0 Å². The summed E-state index contributed by atoms with van der Waals surface area (Å²) in [6, 6.07) is 0. The Labute approximate surface area is 152 Å². The molecule has 0 amide bonds. The normalized spacial score (nSPS) is 28.8. The molecule has 2 aliphatic rings. The Hall–Kier alpha value is -1.18. The Bertz CT molecular complexity index is 526. The van der Waals surface area contributed by atoms with Crippen LogP contribution in [0.2, 0.25) is 0 Å². The average molecular weight is 349 g/mol. The second-order valence-electron chi connectivity index (χ2n) is 7.59. The van der Waals surface area contributed by atoms with Crippen molar-refractivity contribution in [3.63, 3.8) is 0 Å². The third-order valence-electron chi connectivity index (χ3n) is 5.81. The molecule has 0 aliphatic heterocycles. The molecule has 0 aromatic carbocycles. The van der Waals surface area contributed by atoms with Gasteiger partial charge in [0.25, 0.3) is 0 Å². The number of halogens is 2. The molecule has 0 nitrogen and oxygen atoms in total. The molecule has 0 N–H and O–H groups in total. The minimum absolute atomic E-state index is 0.0834. The first-order valence-electron chi connectivity index (χ1n) is 10.2. The number of unbranched alkanes of at least 4 members (excludes halogenated alkanes) is 5. The molecule has 25 heavy (non-hydrogen) atoms. The van der Waals surface area contributed by atoms with E-state index in [0.717, 1.165) is 32.1 Å². The minimum atomic E-state index is -1.23. The van der Waals surface area contributed by atoms with Crippen molar-refractivity contribution in [2.75, 3.05) is 0 Å². The highest BCUT2D eigenvalue weighted by Gasteiger charge is 2.48. The molecule has 0 bridgehead atoms. The molecule has 3 atom stereocenters. The summed E-state index contributed by atoms with van der Waals surface area (Å²) in [4.78, 5) is 0. The summed E-state index contributed by atoms with van der Waals surface area (Å²) in [7, 11) is 0. The Balaban J connectivity index is 2.05. The highest BCUT2D eigenvalue weighted by Crippen LogP contribution is 2.51. The first-order chi connectivity index (χ1) is 12.1. The third kappa shape index (κ3) is 4.92. The predicted molar refractivity (Wildman–Crippen MR) is 104 cm³/mol. The smallest absolute Gasteiger partial charge is 0.131 e. The molecule has 0 radical (unpaired) electrons. The number of rotatable bonds is 10. The molecule has 0 aromatic heterocycles. The maximum Gasteiger partial charge on any atom is 0.131 e. The van der Waals surface area contributed by atoms with Gasteiger partial charge in [-0.3, -0.25) is 0 Å². The van der Waals surface area contributed by atoms with Crippen LogP contribution in [0.5, 0.6) is 0 Å². The molecule has 2 heteroatoms. The predicted octanol–water partition coefficient (Wildman–Crippen LogP) is 7.79. The van der Waals surface area contributed by atoms with Gasteiger partial charge < -0.3 is 0 Å². The zero-order valence-electron chi connectivity index (χ0n) is 15.9. The topological polar surface area (TPSA) is 0 Å². The second kappa shape index (κ2) is 10.1. The molecular formula is C23H34F2. The molecular weight excluding hydrogens is 314 g/mol. The van der Waals surface area contributed by atoms with Crippen molar-refractivity contribution in [2.24, 2.45) is 11.3 Å². The lowest BCUT2D eigenvalue weighted by Gasteiger charge is -2.42. The van der Waals surface area contributed by atoms with Crippen LogP contribution >= 0.6 is 0 Å². The lowest BCUT2D eigenvalue weighted by molar-refractivity contribution is 0.0862. The lowest BCUT2D eigenvalue weighted by Crippen LogP contribution is -2.40. The summed E-state index contributed by atoms with van der Waals surface area (Å²) in [5, 5.41) is 0. The highest BCUT2D eigenvalue weighted by molar-refractivity contribution is 5.33. The van der Waals surface area contributed by atoms with E-state index in [1.807, 2.05) is 0 Å². The summed E-state index contributed by atoms with van der Waals surface area (Å²) < 4.78 is 29.8. The van der Waals surface area contributed by atoms with E-state index in [1.54, 1.807) is 0 Å². The first-order valence-corrected chi connectivity index (χ1v) is 10.2. The van der Waals surface area contributed by atoms with Gasteiger partial charge in [0.1, 0.15) is 12.0 Å². The van der Waals surface area contributed by atoms with Gasteiger partial charge in [0.15, 0.2) is 0 Å². The van der Waals surface area contributed by atoms with Gasteiger partial charge in [-0.25, -0.2) is 8.78 Å². The molecule has 140 valence electrons. The van der Waals surface area contributed by atoms with Gasteiger partial charge in [-0.15, -0.1) is 0 Å². The van der Waals surface area contributed by atoms with Gasteiger partial charge in [0, 0.05) is 0 Å². The number of allylic oxidation sites excluding steroid dienone is 8. The SMILES string of the molecule is CCCCCCC1=CCC(C2(CCCCC)C(F)=CC=CC2F)C=C1. The Morgan fingerprint density at radius 1 is 1.04 bits per heavy atom. The van der Waals surface area contributed by atoms with E-state index < -0.39 is 11.6 Å². The lowest BCUT2D eigenvalue weighted by atomic mass is 9.63. The van der Waals surface area contributed by atoms with Crippen LogP contribution in [0.1, 0.15) is 78.1 Å². The molecule has 2 rings (SSSR count). The fourth-order valence-corrected chi connectivity index (χ4v) is 4.18. The Kier molecular flexibility index (Phi) is 8.12. The number of hydrogen-bond donors (Lipinski definition) is 0. The fraction of sp³-hybridized carbons (Fsp3) is 0.652. The molecule has 0 heterocycles. The maximum atomic E-state index is 14.9. The van der Waals surface area contributed by atoms with Crippen molar-refractivity contribution in [2.45, 2.75) is 84.2 Å². The van der Waals surface area contributed by atoms with E-state index in [9.17, 15) is 8.78 Å². The van der Waals surface area contributed by atoms with Crippen LogP contribution in [0.4, 0.5) is 8.78 Å². The number of alkyl halides is 1. The van der Waals surface area contributed by atoms with Crippen molar-refractivity contribution >= 4 is 0 Å². The van der Waals surface area contributed by atoms with Crippen molar-refractivity contribution in [3.05, 3.63) is 47.9 Å². The van der Waals surface area contributed by atoms with Crippen LogP contribution < -0.4 is 0 Å². The highest BCUT2D eigenvalue weighted by atomic mass is 19.1. The molecule has 2 aliphatic carbocycles. The van der Waals surface area contributed by atoms with E-state index in [-0.39, 0.29) is 11.7 Å². The minimum Gasteiger partial charge on any atom is -0.242 e. The molecule has 0 saturated heterocycles. The van der Waals surface area contributed by atoms with Gasteiger partial charge in [0.05, 0.1) is 5.41 Å². The van der Waals surface area contributed by atoms with Gasteiger partial charge in [-0.1, -0.05) is 82.2 Å². The summed E-state index contributed by atoms with van der Waals surface area (Å²) in [5.41, 5.74) is 0.340. The molecule has 0 aromatic rings. The number of hydrogen-bond acceptors (Lipinski definition) is 0. The van der Waals surface area contributed by atoms with Gasteiger partial charge in [-0.2, -0.15) is 0 Å². The molecule has 0 spiro atoms. The van der Waals surface area contributed by atoms with E-state index in [2.05, 4.69) is 32.1 Å². The van der Waals surface area contributed by atoms with Gasteiger partial charge >= 0.3 is 0 Å². The molecule has 0 fully saturated rings. The van der Waals surface area contributed by atoms with Gasteiger partial charge in [0.2, 0.25) is 0 Å². The van der Waals surface area contributed by atoms with E-state index in [1.165, 1.54) is 49.5 Å². The van der Waals surface area contributed by atoms with Crippen LogP contribution in [0, 0.1) is 11.3 Å². The standard InChI is InChI=1S/C23H34F2/c1-3-5-7-8-11-19-14-16-20(17-15-19)23(18-9-6-4-2)21(24)12-10-13-22(23)25/h10,12-16,20-21H,3-9,11,17-18H2,1-2H3. The van der Waals surface area contributed by atoms with Crippen LogP contribution in [0.15, 0.2) is 47.9 Å². The van der Waals surface area contributed by atoms with Crippen molar-refractivity contribution in [1.29, 1.82) is 0 Å². The van der Waals surface area contributed by atoms with Crippen molar-refractivity contribution in [3.8, 4) is 0 Å². The zero-order chi connectivity index (χ0) is 18.1.